The molecule has 0 saturated carbocycles. The van der Waals surface area contributed by atoms with Gasteiger partial charge in [0.1, 0.15) is 0 Å². The summed E-state index contributed by atoms with van der Waals surface area (Å²) in [5.74, 6) is 0.744. The highest BCUT2D eigenvalue weighted by Gasteiger charge is 2.19. The molecule has 0 unspecified atom stereocenters. The van der Waals surface area contributed by atoms with Crippen LogP contribution in [0.15, 0.2) is 39.9 Å². The minimum Gasteiger partial charge on any atom is -0.299 e. The maximum Gasteiger partial charge on any atom is 0.340 e. The second kappa shape index (κ2) is 7.94. The Balaban J connectivity index is 1.40. The SMILES string of the molecule is Cn1c(=O)sn(CCCC2CCN(Cc3ccccc3)CC2)c1=O. The maximum atomic E-state index is 11.8. The van der Waals surface area contributed by atoms with Gasteiger partial charge in [-0.15, -0.1) is 0 Å². The van der Waals surface area contributed by atoms with Gasteiger partial charge in [-0.2, -0.15) is 0 Å². The zero-order valence-electron chi connectivity index (χ0n) is 14.2. The summed E-state index contributed by atoms with van der Waals surface area (Å²) in [4.78, 5) is 25.6. The van der Waals surface area contributed by atoms with Crippen LogP contribution in [0.2, 0.25) is 0 Å². The van der Waals surface area contributed by atoms with Crippen molar-refractivity contribution < 1.29 is 0 Å². The highest BCUT2D eigenvalue weighted by Crippen LogP contribution is 2.23. The van der Waals surface area contributed by atoms with E-state index in [2.05, 4.69) is 35.2 Å². The molecule has 0 atom stereocenters. The van der Waals surface area contributed by atoms with E-state index in [4.69, 9.17) is 0 Å². The first-order chi connectivity index (χ1) is 11.6. The molecular weight excluding hydrogens is 322 g/mol. The Hall–Kier alpha value is -1.66. The van der Waals surface area contributed by atoms with Crippen LogP contribution in [-0.4, -0.2) is 26.5 Å². The van der Waals surface area contributed by atoms with E-state index in [1.807, 2.05) is 0 Å². The molecule has 1 aromatic heterocycles. The Morgan fingerprint density at radius 2 is 1.83 bits per heavy atom. The van der Waals surface area contributed by atoms with Crippen molar-refractivity contribution in [1.29, 1.82) is 0 Å². The number of aromatic nitrogens is 2. The van der Waals surface area contributed by atoms with Gasteiger partial charge in [-0.3, -0.25) is 14.3 Å². The number of aryl methyl sites for hydroxylation is 1. The topological polar surface area (TPSA) is 47.2 Å². The fourth-order valence-corrected chi connectivity index (χ4v) is 4.19. The van der Waals surface area contributed by atoms with Gasteiger partial charge in [0.15, 0.2) is 0 Å². The molecule has 1 aliphatic heterocycles. The van der Waals surface area contributed by atoms with E-state index < -0.39 is 0 Å². The normalized spacial score (nSPS) is 16.5. The van der Waals surface area contributed by atoms with Crippen molar-refractivity contribution in [2.75, 3.05) is 13.1 Å². The minimum atomic E-state index is -0.178. The van der Waals surface area contributed by atoms with E-state index in [1.54, 1.807) is 11.0 Å². The molecule has 24 heavy (non-hydrogen) atoms. The molecule has 130 valence electrons. The third-order valence-electron chi connectivity index (χ3n) is 4.89. The van der Waals surface area contributed by atoms with Crippen LogP contribution in [0.4, 0.5) is 0 Å². The lowest BCUT2D eigenvalue weighted by molar-refractivity contribution is 0.170. The first-order valence-electron chi connectivity index (χ1n) is 8.67. The van der Waals surface area contributed by atoms with Crippen LogP contribution in [0.1, 0.15) is 31.2 Å². The Bertz CT molecular complexity index is 755. The third-order valence-corrected chi connectivity index (χ3v) is 5.88. The van der Waals surface area contributed by atoms with Crippen molar-refractivity contribution in [2.24, 2.45) is 13.0 Å². The lowest BCUT2D eigenvalue weighted by Crippen LogP contribution is -2.33. The largest absolute Gasteiger partial charge is 0.340 e. The quantitative estimate of drug-likeness (QED) is 0.806. The summed E-state index contributed by atoms with van der Waals surface area (Å²) in [6.07, 6.45) is 4.57. The highest BCUT2D eigenvalue weighted by atomic mass is 32.1. The summed E-state index contributed by atoms with van der Waals surface area (Å²) in [5.41, 5.74) is 1.21. The van der Waals surface area contributed by atoms with Crippen molar-refractivity contribution in [1.82, 2.24) is 13.4 Å². The summed E-state index contributed by atoms with van der Waals surface area (Å²) in [5, 5.41) is 0. The monoisotopic (exact) mass is 347 g/mol. The van der Waals surface area contributed by atoms with Gasteiger partial charge < -0.3 is 0 Å². The van der Waals surface area contributed by atoms with Crippen LogP contribution in [0.25, 0.3) is 0 Å². The van der Waals surface area contributed by atoms with Gasteiger partial charge in [0.2, 0.25) is 0 Å². The van der Waals surface area contributed by atoms with Crippen LogP contribution in [0, 0.1) is 5.92 Å². The molecule has 3 rings (SSSR count). The number of rotatable bonds is 6. The van der Waals surface area contributed by atoms with Crippen LogP contribution in [-0.2, 0) is 20.1 Å². The number of nitrogens with zero attached hydrogens (tertiary/aromatic N) is 3. The van der Waals surface area contributed by atoms with E-state index in [-0.39, 0.29) is 10.6 Å². The second-order valence-corrected chi connectivity index (χ2v) is 7.62. The zero-order valence-corrected chi connectivity index (χ0v) is 15.0. The van der Waals surface area contributed by atoms with Crippen molar-refractivity contribution >= 4 is 11.5 Å². The van der Waals surface area contributed by atoms with Gasteiger partial charge in [-0.05, 0) is 50.3 Å². The summed E-state index contributed by atoms with van der Waals surface area (Å²) >= 11 is 1.03. The van der Waals surface area contributed by atoms with Crippen molar-refractivity contribution in [3.63, 3.8) is 0 Å². The molecule has 0 amide bonds. The summed E-state index contributed by atoms with van der Waals surface area (Å²) in [7, 11) is 1.54. The molecule has 1 aromatic carbocycles. The lowest BCUT2D eigenvalue weighted by atomic mass is 9.92. The molecule has 0 aliphatic carbocycles. The van der Waals surface area contributed by atoms with Gasteiger partial charge in [0, 0.05) is 31.7 Å². The lowest BCUT2D eigenvalue weighted by Gasteiger charge is -2.32. The van der Waals surface area contributed by atoms with Crippen LogP contribution >= 0.6 is 11.5 Å². The van der Waals surface area contributed by atoms with Crippen molar-refractivity contribution in [3.8, 4) is 0 Å². The molecule has 1 saturated heterocycles. The molecule has 2 aromatic rings. The van der Waals surface area contributed by atoms with Gasteiger partial charge in [0.25, 0.3) is 0 Å². The van der Waals surface area contributed by atoms with Crippen LogP contribution in [0.5, 0.6) is 0 Å². The third kappa shape index (κ3) is 4.24. The van der Waals surface area contributed by atoms with Gasteiger partial charge in [-0.25, -0.2) is 8.75 Å². The van der Waals surface area contributed by atoms with E-state index in [9.17, 15) is 9.59 Å². The standard InChI is InChI=1S/C18H25N3O2S/c1-19-17(22)21(24-18(19)23)11-5-8-15-9-12-20(13-10-15)14-16-6-3-2-4-7-16/h2-4,6-7,15H,5,8-14H2,1H3. The minimum absolute atomic E-state index is 0.172. The maximum absolute atomic E-state index is 11.8. The average Bonchev–Trinajstić information content (AvgIpc) is 2.84. The first kappa shape index (κ1) is 17.2. The summed E-state index contributed by atoms with van der Waals surface area (Å²) in [6.45, 7) is 4.01. The molecular formula is C18H25N3O2S. The zero-order chi connectivity index (χ0) is 16.9. The van der Waals surface area contributed by atoms with Crippen molar-refractivity contribution in [2.45, 2.75) is 38.8 Å². The van der Waals surface area contributed by atoms with Gasteiger partial charge in [0.05, 0.1) is 0 Å². The Kier molecular flexibility index (Phi) is 5.68. The smallest absolute Gasteiger partial charge is 0.299 e. The Morgan fingerprint density at radius 3 is 2.46 bits per heavy atom. The van der Waals surface area contributed by atoms with E-state index >= 15 is 0 Å². The Labute approximate surface area is 146 Å². The molecule has 0 spiro atoms. The molecule has 0 N–H and O–H groups in total. The number of likely N-dealkylation sites (tertiary alicyclic amines) is 1. The highest BCUT2D eigenvalue weighted by molar-refractivity contribution is 7.03. The molecule has 1 fully saturated rings. The molecule has 0 bridgehead atoms. The molecule has 0 radical (unpaired) electrons. The fourth-order valence-electron chi connectivity index (χ4n) is 3.38. The van der Waals surface area contributed by atoms with E-state index in [0.29, 0.717) is 6.54 Å². The summed E-state index contributed by atoms with van der Waals surface area (Å²) in [6, 6.07) is 10.6. The number of hydrogen-bond acceptors (Lipinski definition) is 4. The van der Waals surface area contributed by atoms with Crippen LogP contribution in [0.3, 0.4) is 0 Å². The van der Waals surface area contributed by atoms with Crippen molar-refractivity contribution in [3.05, 3.63) is 56.0 Å². The number of piperidine rings is 1. The molecule has 5 nitrogen and oxygen atoms in total. The average molecular weight is 347 g/mol. The van der Waals surface area contributed by atoms with Crippen LogP contribution < -0.4 is 10.6 Å². The van der Waals surface area contributed by atoms with Gasteiger partial charge in [-0.1, -0.05) is 30.3 Å². The molecule has 6 heteroatoms. The second-order valence-electron chi connectivity index (χ2n) is 6.65. The van der Waals surface area contributed by atoms with E-state index in [1.165, 1.54) is 23.0 Å². The summed E-state index contributed by atoms with van der Waals surface area (Å²) < 4.78 is 2.78. The van der Waals surface area contributed by atoms with E-state index in [0.717, 1.165) is 49.9 Å². The Morgan fingerprint density at radius 1 is 1.12 bits per heavy atom. The van der Waals surface area contributed by atoms with Gasteiger partial charge >= 0.3 is 10.6 Å². The fraction of sp³-hybridized carbons (Fsp3) is 0.556. The molecule has 2 heterocycles. The predicted octanol–water partition coefficient (Wildman–Crippen LogP) is 2.30. The predicted molar refractivity (Wildman–Crippen MR) is 97.5 cm³/mol. The number of benzene rings is 1. The first-order valence-corrected chi connectivity index (χ1v) is 9.44. The number of hydrogen-bond donors (Lipinski definition) is 0. The molecule has 1 aliphatic rings.